The standard InChI is InChI=1S/C60H38N2O/c1-2-12-46(13-3-1)62-57-38-44(25-32-53(57)55-33-24-42-11-5-7-15-52(42)60(55)62)40-22-29-48(30-23-40)61(49-31-34-51-45(36-49)19-18-41-10-4-6-14-50(41)51)47-27-20-39(21-28-47)43-26-35-59-56(37-43)54-16-8-9-17-58(54)63-59/h1-38H. The van der Waals surface area contributed by atoms with E-state index in [0.29, 0.717) is 0 Å². The highest BCUT2D eigenvalue weighted by Crippen LogP contribution is 2.42. The van der Waals surface area contributed by atoms with Crippen LogP contribution in [0.2, 0.25) is 0 Å². The maximum absolute atomic E-state index is 6.14. The van der Waals surface area contributed by atoms with Gasteiger partial charge in [0.15, 0.2) is 0 Å². The molecule has 0 atom stereocenters. The lowest BCUT2D eigenvalue weighted by atomic mass is 10.00. The molecule has 3 heteroatoms. The van der Waals surface area contributed by atoms with E-state index in [1.54, 1.807) is 0 Å². The predicted molar refractivity (Wildman–Crippen MR) is 266 cm³/mol. The number of para-hydroxylation sites is 2. The first-order valence-corrected chi connectivity index (χ1v) is 21.6. The number of fused-ring (bicyclic) bond motifs is 11. The van der Waals surface area contributed by atoms with Gasteiger partial charge in [0.25, 0.3) is 0 Å². The topological polar surface area (TPSA) is 21.3 Å². The van der Waals surface area contributed by atoms with Crippen LogP contribution < -0.4 is 4.90 Å². The maximum Gasteiger partial charge on any atom is 0.135 e. The molecule has 0 aliphatic rings. The molecule has 13 aromatic rings. The van der Waals surface area contributed by atoms with Gasteiger partial charge in [-0.3, -0.25) is 0 Å². The minimum absolute atomic E-state index is 0.905. The second-order valence-electron chi connectivity index (χ2n) is 16.5. The molecule has 0 spiro atoms. The number of nitrogens with zero attached hydrogens (tertiary/aromatic N) is 2. The Bertz CT molecular complexity index is 3900. The lowest BCUT2D eigenvalue weighted by molar-refractivity contribution is 0.669. The molecular weight excluding hydrogens is 765 g/mol. The van der Waals surface area contributed by atoms with E-state index >= 15 is 0 Å². The Balaban J connectivity index is 0.925. The Hall–Kier alpha value is -8.40. The van der Waals surface area contributed by atoms with E-state index in [9.17, 15) is 0 Å². The minimum Gasteiger partial charge on any atom is -0.456 e. The van der Waals surface area contributed by atoms with Gasteiger partial charge >= 0.3 is 0 Å². The minimum atomic E-state index is 0.905. The SMILES string of the molecule is c1ccc(-n2c3cc(-c4ccc(N(c5ccc(-c6ccc7oc8ccccc8c7c6)cc5)c5ccc6c(ccc7ccccc76)c5)cc4)ccc3c3ccc4ccccc4c32)cc1. The van der Waals surface area contributed by atoms with Crippen molar-refractivity contribution in [2.45, 2.75) is 0 Å². The Labute approximate surface area is 363 Å². The fourth-order valence-corrected chi connectivity index (χ4v) is 9.90. The molecule has 2 aromatic heterocycles. The second kappa shape index (κ2) is 14.1. The van der Waals surface area contributed by atoms with Crippen LogP contribution in [0.15, 0.2) is 235 Å². The molecule has 11 aromatic carbocycles. The molecule has 0 saturated heterocycles. The number of hydrogen-bond acceptors (Lipinski definition) is 2. The predicted octanol–water partition coefficient (Wildman–Crippen LogP) is 16.9. The molecule has 0 amide bonds. The van der Waals surface area contributed by atoms with Crippen LogP contribution in [0.25, 0.3) is 104 Å². The average molecular weight is 803 g/mol. The van der Waals surface area contributed by atoms with Crippen molar-refractivity contribution in [1.82, 2.24) is 4.57 Å². The molecule has 0 aliphatic carbocycles. The number of anilines is 3. The third kappa shape index (κ3) is 5.75. The van der Waals surface area contributed by atoms with Crippen molar-refractivity contribution in [2.75, 3.05) is 4.90 Å². The monoisotopic (exact) mass is 802 g/mol. The van der Waals surface area contributed by atoms with Gasteiger partial charge in [-0.25, -0.2) is 0 Å². The van der Waals surface area contributed by atoms with Gasteiger partial charge in [-0.05, 0) is 122 Å². The Morgan fingerprint density at radius 1 is 0.302 bits per heavy atom. The first-order chi connectivity index (χ1) is 31.2. The average Bonchev–Trinajstić information content (AvgIpc) is 3.90. The number of hydrogen-bond donors (Lipinski definition) is 0. The fraction of sp³-hybridized carbons (Fsp3) is 0. The summed E-state index contributed by atoms with van der Waals surface area (Å²) in [6.45, 7) is 0. The largest absolute Gasteiger partial charge is 0.456 e. The lowest BCUT2D eigenvalue weighted by Crippen LogP contribution is -2.09. The summed E-state index contributed by atoms with van der Waals surface area (Å²) in [7, 11) is 0. The van der Waals surface area contributed by atoms with E-state index in [1.807, 2.05) is 12.1 Å². The molecule has 0 radical (unpaired) electrons. The van der Waals surface area contributed by atoms with Crippen molar-refractivity contribution < 1.29 is 4.42 Å². The van der Waals surface area contributed by atoms with Gasteiger partial charge in [-0.2, -0.15) is 0 Å². The fourth-order valence-electron chi connectivity index (χ4n) is 9.90. The highest BCUT2D eigenvalue weighted by molar-refractivity contribution is 6.19. The van der Waals surface area contributed by atoms with Crippen LogP contribution in [0, 0.1) is 0 Å². The van der Waals surface area contributed by atoms with E-state index < -0.39 is 0 Å². The third-order valence-electron chi connectivity index (χ3n) is 12.9. The normalized spacial score (nSPS) is 11.8. The van der Waals surface area contributed by atoms with E-state index in [1.165, 1.54) is 59.7 Å². The molecule has 0 saturated carbocycles. The molecule has 3 nitrogen and oxygen atoms in total. The van der Waals surface area contributed by atoms with E-state index in [4.69, 9.17) is 4.42 Å². The molecule has 0 N–H and O–H groups in total. The zero-order valence-corrected chi connectivity index (χ0v) is 34.2. The van der Waals surface area contributed by atoms with E-state index in [-0.39, 0.29) is 0 Å². The number of furan rings is 1. The zero-order chi connectivity index (χ0) is 41.4. The van der Waals surface area contributed by atoms with Gasteiger partial charge in [0.1, 0.15) is 11.2 Å². The first kappa shape index (κ1) is 35.4. The first-order valence-electron chi connectivity index (χ1n) is 21.6. The summed E-state index contributed by atoms with van der Waals surface area (Å²) in [5, 5.41) is 12.2. The van der Waals surface area contributed by atoms with Crippen LogP contribution in [0.1, 0.15) is 0 Å². The smallest absolute Gasteiger partial charge is 0.135 e. The van der Waals surface area contributed by atoms with Crippen LogP contribution in [-0.4, -0.2) is 4.57 Å². The summed E-state index contributed by atoms with van der Waals surface area (Å²) in [4.78, 5) is 2.37. The molecule has 294 valence electrons. The molecule has 0 bridgehead atoms. The molecule has 2 heterocycles. The Morgan fingerprint density at radius 2 is 0.825 bits per heavy atom. The zero-order valence-electron chi connectivity index (χ0n) is 34.2. The van der Waals surface area contributed by atoms with Crippen LogP contribution in [0.5, 0.6) is 0 Å². The molecular formula is C60H38N2O. The summed E-state index contributed by atoms with van der Waals surface area (Å²) in [6.07, 6.45) is 0. The summed E-state index contributed by atoms with van der Waals surface area (Å²) in [5.41, 5.74) is 13.3. The Kier molecular flexibility index (Phi) is 7.91. The molecule has 0 fully saturated rings. The summed E-state index contributed by atoms with van der Waals surface area (Å²) < 4.78 is 8.58. The van der Waals surface area contributed by atoms with E-state index in [0.717, 1.165) is 61.4 Å². The van der Waals surface area contributed by atoms with Crippen molar-refractivity contribution in [3.63, 3.8) is 0 Å². The van der Waals surface area contributed by atoms with Crippen LogP contribution in [0.3, 0.4) is 0 Å². The molecule has 13 rings (SSSR count). The molecule has 63 heavy (non-hydrogen) atoms. The lowest BCUT2D eigenvalue weighted by Gasteiger charge is -2.26. The summed E-state index contributed by atoms with van der Waals surface area (Å²) >= 11 is 0. The van der Waals surface area contributed by atoms with Crippen molar-refractivity contribution >= 4 is 93.1 Å². The summed E-state index contributed by atoms with van der Waals surface area (Å²) in [6, 6.07) is 83.6. The number of benzene rings is 11. The van der Waals surface area contributed by atoms with Crippen LogP contribution in [-0.2, 0) is 0 Å². The second-order valence-corrected chi connectivity index (χ2v) is 16.5. The third-order valence-corrected chi connectivity index (χ3v) is 12.9. The van der Waals surface area contributed by atoms with Gasteiger partial charge in [0.05, 0.1) is 11.0 Å². The van der Waals surface area contributed by atoms with Gasteiger partial charge < -0.3 is 13.9 Å². The van der Waals surface area contributed by atoms with E-state index in [2.05, 4.69) is 228 Å². The number of rotatable bonds is 6. The van der Waals surface area contributed by atoms with Crippen molar-refractivity contribution in [2.24, 2.45) is 0 Å². The van der Waals surface area contributed by atoms with Crippen molar-refractivity contribution in [3.8, 4) is 27.9 Å². The highest BCUT2D eigenvalue weighted by Gasteiger charge is 2.18. The van der Waals surface area contributed by atoms with Crippen LogP contribution in [0.4, 0.5) is 17.1 Å². The quantitative estimate of drug-likeness (QED) is 0.156. The van der Waals surface area contributed by atoms with Crippen molar-refractivity contribution in [1.29, 1.82) is 0 Å². The van der Waals surface area contributed by atoms with Gasteiger partial charge in [-0.15, -0.1) is 0 Å². The van der Waals surface area contributed by atoms with Crippen LogP contribution >= 0.6 is 0 Å². The molecule has 0 aliphatic heterocycles. The van der Waals surface area contributed by atoms with Crippen molar-refractivity contribution in [3.05, 3.63) is 231 Å². The molecule has 0 unspecified atom stereocenters. The maximum atomic E-state index is 6.14. The Morgan fingerprint density at radius 3 is 1.60 bits per heavy atom. The van der Waals surface area contributed by atoms with Gasteiger partial charge in [0.2, 0.25) is 0 Å². The number of aromatic nitrogens is 1. The van der Waals surface area contributed by atoms with Gasteiger partial charge in [0, 0.05) is 49.7 Å². The highest BCUT2D eigenvalue weighted by atomic mass is 16.3. The summed E-state index contributed by atoms with van der Waals surface area (Å²) in [5.74, 6) is 0. The van der Waals surface area contributed by atoms with Gasteiger partial charge in [-0.1, -0.05) is 158 Å².